The van der Waals surface area contributed by atoms with Crippen LogP contribution in [0.2, 0.25) is 0 Å². The fourth-order valence-electron chi connectivity index (χ4n) is 2.33. The molecule has 1 heterocycles. The van der Waals surface area contributed by atoms with E-state index in [4.69, 9.17) is 9.84 Å². The number of carbonyl (C=O) groups excluding carboxylic acids is 1. The number of carboxylic acid groups (broad SMARTS) is 1. The molecule has 2 aromatic rings. The van der Waals surface area contributed by atoms with E-state index in [0.29, 0.717) is 12.4 Å². The van der Waals surface area contributed by atoms with Crippen molar-refractivity contribution in [3.8, 4) is 5.75 Å². The van der Waals surface area contributed by atoms with Crippen molar-refractivity contribution in [2.24, 2.45) is 10.2 Å². The van der Waals surface area contributed by atoms with Crippen LogP contribution in [0.3, 0.4) is 0 Å². The Hall–Kier alpha value is -2.65. The zero-order valence-corrected chi connectivity index (χ0v) is 16.9. The Balaban J connectivity index is 1.57. The summed E-state index contributed by atoms with van der Waals surface area (Å²) in [4.78, 5) is 22.4. The summed E-state index contributed by atoms with van der Waals surface area (Å²) in [6.45, 7) is 0.448. The van der Waals surface area contributed by atoms with Crippen LogP contribution < -0.4 is 10.1 Å². The molecule has 3 rings (SSSR count). The lowest BCUT2D eigenvalue weighted by atomic mass is 10.2. The molecule has 0 radical (unpaired) electrons. The van der Waals surface area contributed by atoms with Gasteiger partial charge in [0, 0.05) is 4.47 Å². The fraction of sp³-hybridized carbons (Fsp3) is 0.158. The number of amidine groups is 1. The van der Waals surface area contributed by atoms with Crippen molar-refractivity contribution >= 4 is 51.0 Å². The van der Waals surface area contributed by atoms with E-state index in [1.807, 2.05) is 48.5 Å². The minimum absolute atomic E-state index is 0.253. The summed E-state index contributed by atoms with van der Waals surface area (Å²) < 4.78 is 6.80. The number of halogens is 1. The molecule has 1 fully saturated rings. The van der Waals surface area contributed by atoms with Crippen molar-refractivity contribution in [2.45, 2.75) is 18.3 Å². The normalized spacial score (nSPS) is 17.8. The Morgan fingerprint density at radius 3 is 2.82 bits per heavy atom. The van der Waals surface area contributed by atoms with Gasteiger partial charge in [-0.2, -0.15) is 5.10 Å². The van der Waals surface area contributed by atoms with E-state index >= 15 is 0 Å². The Morgan fingerprint density at radius 2 is 2.07 bits per heavy atom. The molecule has 28 heavy (non-hydrogen) atoms. The Bertz CT molecular complexity index is 931. The average molecular weight is 462 g/mol. The van der Waals surface area contributed by atoms with Crippen LogP contribution in [0.4, 0.5) is 0 Å². The maximum atomic E-state index is 11.7. The largest absolute Gasteiger partial charge is 0.489 e. The van der Waals surface area contributed by atoms with Gasteiger partial charge in [0.1, 0.15) is 17.6 Å². The van der Waals surface area contributed by atoms with E-state index in [9.17, 15) is 9.59 Å². The van der Waals surface area contributed by atoms with Crippen LogP contribution in [0, 0.1) is 0 Å². The molecule has 7 nitrogen and oxygen atoms in total. The van der Waals surface area contributed by atoms with Gasteiger partial charge in [0.2, 0.25) is 5.91 Å². The van der Waals surface area contributed by atoms with Gasteiger partial charge in [0.25, 0.3) is 0 Å². The highest BCUT2D eigenvalue weighted by Gasteiger charge is 2.32. The number of ether oxygens (including phenoxy) is 1. The van der Waals surface area contributed by atoms with Gasteiger partial charge in [-0.3, -0.25) is 9.59 Å². The molecular weight excluding hydrogens is 446 g/mol. The first-order valence-electron chi connectivity index (χ1n) is 8.27. The predicted molar refractivity (Wildman–Crippen MR) is 112 cm³/mol. The maximum Gasteiger partial charge on any atom is 0.305 e. The molecule has 2 N–H and O–H groups in total. The van der Waals surface area contributed by atoms with Crippen molar-refractivity contribution in [2.75, 3.05) is 0 Å². The monoisotopic (exact) mass is 461 g/mol. The number of thioether (sulfide) groups is 1. The molecule has 0 bridgehead atoms. The maximum absolute atomic E-state index is 11.7. The zero-order valence-electron chi connectivity index (χ0n) is 14.5. The highest BCUT2D eigenvalue weighted by atomic mass is 79.9. The van der Waals surface area contributed by atoms with E-state index in [1.54, 1.807) is 0 Å². The van der Waals surface area contributed by atoms with Crippen LogP contribution in [-0.2, 0) is 16.2 Å². The lowest BCUT2D eigenvalue weighted by Gasteiger charge is -2.07. The van der Waals surface area contributed by atoms with E-state index in [1.165, 1.54) is 6.21 Å². The second-order valence-corrected chi connectivity index (χ2v) is 7.94. The van der Waals surface area contributed by atoms with Crippen LogP contribution in [0.15, 0.2) is 63.2 Å². The molecule has 1 atom stereocenters. The predicted octanol–water partition coefficient (Wildman–Crippen LogP) is 3.42. The molecule has 0 spiro atoms. The molecule has 1 amide bonds. The third-order valence-corrected chi connectivity index (χ3v) is 5.27. The first kappa shape index (κ1) is 20.1. The quantitative estimate of drug-likeness (QED) is 0.485. The second kappa shape index (κ2) is 9.52. The van der Waals surface area contributed by atoms with Crippen LogP contribution in [-0.4, -0.2) is 33.6 Å². The highest BCUT2D eigenvalue weighted by molar-refractivity contribution is 9.10. The van der Waals surface area contributed by atoms with Crippen LogP contribution in [0.1, 0.15) is 17.5 Å². The lowest BCUT2D eigenvalue weighted by Crippen LogP contribution is -2.26. The average Bonchev–Trinajstić information content (AvgIpc) is 3.00. The van der Waals surface area contributed by atoms with Gasteiger partial charge in [0.05, 0.1) is 12.6 Å². The Morgan fingerprint density at radius 1 is 1.29 bits per heavy atom. The molecule has 1 aliphatic rings. The summed E-state index contributed by atoms with van der Waals surface area (Å²) in [5, 5.41) is 18.8. The number of hydrogen-bond acceptors (Lipinski definition) is 6. The van der Waals surface area contributed by atoms with Gasteiger partial charge in [-0.25, -0.2) is 0 Å². The summed E-state index contributed by atoms with van der Waals surface area (Å²) in [6.07, 6.45) is 1.29. The third-order valence-electron chi connectivity index (χ3n) is 3.67. The molecule has 9 heteroatoms. The molecule has 1 aliphatic heterocycles. The minimum atomic E-state index is -1.03. The molecule has 0 saturated carbocycles. The van der Waals surface area contributed by atoms with Crippen LogP contribution >= 0.6 is 27.7 Å². The van der Waals surface area contributed by atoms with Gasteiger partial charge < -0.3 is 15.2 Å². The SMILES string of the molecule is O=C(O)C[C@@H]1S/C(=N\N=C/c2cccc(OCc3ccc(Br)cc3)c2)NC1=O. The minimum Gasteiger partial charge on any atom is -0.489 e. The van der Waals surface area contributed by atoms with Crippen LogP contribution in [0.25, 0.3) is 0 Å². The van der Waals surface area contributed by atoms with E-state index in [-0.39, 0.29) is 17.5 Å². The second-order valence-electron chi connectivity index (χ2n) is 5.83. The van der Waals surface area contributed by atoms with Gasteiger partial charge in [-0.1, -0.05) is 52.0 Å². The van der Waals surface area contributed by atoms with Crippen molar-refractivity contribution in [3.63, 3.8) is 0 Å². The number of carboxylic acids is 1. The first-order chi connectivity index (χ1) is 13.5. The van der Waals surface area contributed by atoms with Gasteiger partial charge in [0.15, 0.2) is 5.17 Å². The van der Waals surface area contributed by atoms with Crippen molar-refractivity contribution < 1.29 is 19.4 Å². The fourth-order valence-corrected chi connectivity index (χ4v) is 3.50. The molecule has 2 aromatic carbocycles. The highest BCUT2D eigenvalue weighted by Crippen LogP contribution is 2.22. The third kappa shape index (κ3) is 5.93. The van der Waals surface area contributed by atoms with Gasteiger partial charge >= 0.3 is 5.97 Å². The van der Waals surface area contributed by atoms with E-state index in [0.717, 1.165) is 27.4 Å². The van der Waals surface area contributed by atoms with Crippen molar-refractivity contribution in [1.82, 2.24) is 5.32 Å². The standard InChI is InChI=1S/C19H16BrN3O4S/c20-14-6-4-12(5-7-14)11-27-15-3-1-2-13(8-15)10-21-23-19-22-18(26)16(28-19)9-17(24)25/h1-8,10,16H,9,11H2,(H,24,25)(H,22,23,26)/b21-10-/t16-/m0/s1. The summed E-state index contributed by atoms with van der Waals surface area (Å²) in [7, 11) is 0. The Labute approximate surface area is 174 Å². The van der Waals surface area contributed by atoms with Crippen LogP contribution in [0.5, 0.6) is 5.75 Å². The summed E-state index contributed by atoms with van der Waals surface area (Å²) in [5.41, 5.74) is 1.84. The number of nitrogens with one attached hydrogen (secondary N) is 1. The number of carbonyl (C=O) groups is 2. The summed E-state index contributed by atoms with van der Waals surface area (Å²) in [5.74, 6) is -0.702. The number of amides is 1. The van der Waals surface area contributed by atoms with Crippen molar-refractivity contribution in [1.29, 1.82) is 0 Å². The smallest absolute Gasteiger partial charge is 0.305 e. The molecule has 0 aromatic heterocycles. The van der Waals surface area contributed by atoms with Gasteiger partial charge in [-0.15, -0.1) is 5.10 Å². The topological polar surface area (TPSA) is 100 Å². The summed E-state index contributed by atoms with van der Waals surface area (Å²) >= 11 is 4.46. The van der Waals surface area contributed by atoms with E-state index < -0.39 is 11.2 Å². The molecule has 144 valence electrons. The van der Waals surface area contributed by atoms with E-state index in [2.05, 4.69) is 31.4 Å². The van der Waals surface area contributed by atoms with Gasteiger partial charge in [-0.05, 0) is 35.4 Å². The first-order valence-corrected chi connectivity index (χ1v) is 9.94. The number of nitrogens with zero attached hydrogens (tertiary/aromatic N) is 2. The number of rotatable bonds is 7. The molecule has 0 aliphatic carbocycles. The Kier molecular flexibility index (Phi) is 6.83. The number of aliphatic carboxylic acids is 1. The number of benzene rings is 2. The summed E-state index contributed by atoms with van der Waals surface area (Å²) in [6, 6.07) is 15.3. The van der Waals surface area contributed by atoms with Crippen molar-refractivity contribution in [3.05, 3.63) is 64.1 Å². The molecular formula is C19H16BrN3O4S. The lowest BCUT2D eigenvalue weighted by molar-refractivity contribution is -0.138. The molecule has 1 saturated heterocycles. The number of hydrogen-bond donors (Lipinski definition) is 2. The molecule has 0 unspecified atom stereocenters. The zero-order chi connectivity index (χ0) is 19.9.